The third kappa shape index (κ3) is 16.3. The number of phosphoric acid groups is 1. The molecule has 2 atom stereocenters. The fourth-order valence-electron chi connectivity index (χ4n) is 4.47. The van der Waals surface area contributed by atoms with Crippen molar-refractivity contribution in [2.75, 3.05) is 27.2 Å². The number of phosphoric ester groups is 1. The summed E-state index contributed by atoms with van der Waals surface area (Å²) in [5.41, 5.74) is 0. The minimum atomic E-state index is -3.95. The molecule has 1 N–H and O–H groups in total. The molecule has 0 aliphatic carbocycles. The van der Waals surface area contributed by atoms with Gasteiger partial charge in [0.25, 0.3) is 0 Å². The van der Waals surface area contributed by atoms with Gasteiger partial charge in [0.2, 0.25) is 0 Å². The Hall–Kier alpha value is 0.0700. The van der Waals surface area contributed by atoms with Crippen molar-refractivity contribution in [1.29, 1.82) is 0 Å². The Balaban J connectivity index is 1.94. The van der Waals surface area contributed by atoms with Gasteiger partial charge < -0.3 is 9.38 Å². The van der Waals surface area contributed by atoms with Crippen molar-refractivity contribution in [3.8, 4) is 0 Å². The number of unbranched alkanes of at least 4 members (excludes halogenated alkanes) is 13. The second kappa shape index (κ2) is 16.6. The van der Waals surface area contributed by atoms with Crippen molar-refractivity contribution in [2.24, 2.45) is 0 Å². The summed E-state index contributed by atoms with van der Waals surface area (Å²) in [5.74, 6) is 0. The molecular weight excluding hydrogens is 409 g/mol. The van der Waals surface area contributed by atoms with Crippen molar-refractivity contribution in [3.05, 3.63) is 0 Å². The highest BCUT2D eigenvalue weighted by Gasteiger charge is 2.33. The van der Waals surface area contributed by atoms with Crippen LogP contribution in [0.2, 0.25) is 0 Å². The van der Waals surface area contributed by atoms with Crippen molar-refractivity contribution >= 4 is 7.82 Å². The number of piperidine rings is 1. The lowest BCUT2D eigenvalue weighted by atomic mass is 10.0. The monoisotopic (exact) mass is 462 g/mol. The maximum atomic E-state index is 12.3. The van der Waals surface area contributed by atoms with E-state index in [0.29, 0.717) is 0 Å². The van der Waals surface area contributed by atoms with E-state index in [1.54, 1.807) is 0 Å². The molecule has 5 nitrogen and oxygen atoms in total. The van der Waals surface area contributed by atoms with E-state index < -0.39 is 7.82 Å². The first-order valence-electron chi connectivity index (χ1n) is 13.3. The molecule has 6 heteroatoms. The van der Waals surface area contributed by atoms with Crippen LogP contribution in [0.3, 0.4) is 0 Å². The van der Waals surface area contributed by atoms with Gasteiger partial charge in [-0.3, -0.25) is 9.05 Å². The second-order valence-electron chi connectivity index (χ2n) is 10.5. The summed E-state index contributed by atoms with van der Waals surface area (Å²) in [6.45, 7) is 6.10. The Morgan fingerprint density at radius 2 is 1.26 bits per heavy atom. The topological polar surface area (TPSA) is 55.8 Å². The minimum absolute atomic E-state index is 0.157. The van der Waals surface area contributed by atoms with E-state index in [9.17, 15) is 9.46 Å². The molecule has 1 aliphatic heterocycles. The molecule has 1 aliphatic rings. The third-order valence-electron chi connectivity index (χ3n) is 6.67. The Bertz CT molecular complexity index is 476. The first-order chi connectivity index (χ1) is 14.7. The van der Waals surface area contributed by atoms with Crippen LogP contribution in [0.4, 0.5) is 0 Å². The van der Waals surface area contributed by atoms with Crippen molar-refractivity contribution < 1.29 is 23.0 Å². The number of hydrogen-bond donors (Lipinski definition) is 1. The molecule has 0 saturated carbocycles. The van der Waals surface area contributed by atoms with E-state index in [4.69, 9.17) is 9.05 Å². The van der Waals surface area contributed by atoms with Crippen LogP contribution in [0, 0.1) is 0 Å². The van der Waals surface area contributed by atoms with Crippen molar-refractivity contribution in [3.63, 3.8) is 0 Å². The third-order valence-corrected chi connectivity index (χ3v) is 7.86. The highest BCUT2D eigenvalue weighted by Crippen LogP contribution is 2.47. The van der Waals surface area contributed by atoms with E-state index in [1.807, 2.05) is 6.92 Å². The molecule has 1 fully saturated rings. The number of rotatable bonds is 19. The lowest BCUT2D eigenvalue weighted by Crippen LogP contribution is -2.47. The maximum absolute atomic E-state index is 12.3. The van der Waals surface area contributed by atoms with Gasteiger partial charge in [-0.2, -0.15) is 0 Å². The largest absolute Gasteiger partial charge is 0.472 e. The minimum Gasteiger partial charge on any atom is -0.328 e. The van der Waals surface area contributed by atoms with Crippen LogP contribution in [-0.2, 0) is 13.6 Å². The summed E-state index contributed by atoms with van der Waals surface area (Å²) in [5, 5.41) is 0. The van der Waals surface area contributed by atoms with Crippen molar-refractivity contribution in [2.45, 2.75) is 135 Å². The predicted molar refractivity (Wildman–Crippen MR) is 131 cm³/mol. The van der Waals surface area contributed by atoms with Gasteiger partial charge >= 0.3 is 7.82 Å². The molecular formula is C25H53NO4P+. The zero-order chi connectivity index (χ0) is 23.0. The zero-order valence-corrected chi connectivity index (χ0v) is 22.1. The van der Waals surface area contributed by atoms with Gasteiger partial charge in [-0.15, -0.1) is 0 Å². The van der Waals surface area contributed by atoms with E-state index >= 15 is 0 Å². The van der Waals surface area contributed by atoms with Crippen LogP contribution in [0.25, 0.3) is 0 Å². The molecule has 0 aromatic rings. The Morgan fingerprint density at radius 1 is 0.839 bits per heavy atom. The SMILES string of the molecule is CCCCCCCCCCCCCCCCC(C)OP(=O)(O)OC1CC[N+](C)(C)CC1. The molecule has 2 unspecified atom stereocenters. The molecule has 0 amide bonds. The van der Waals surface area contributed by atoms with E-state index in [-0.39, 0.29) is 12.2 Å². The van der Waals surface area contributed by atoms with Gasteiger partial charge in [-0.25, -0.2) is 4.57 Å². The fraction of sp³-hybridized carbons (Fsp3) is 1.00. The van der Waals surface area contributed by atoms with E-state index in [1.165, 1.54) is 83.5 Å². The first kappa shape index (κ1) is 29.1. The number of quaternary nitrogens is 1. The normalized spacial score (nSPS) is 19.9. The first-order valence-corrected chi connectivity index (χ1v) is 14.8. The molecule has 186 valence electrons. The van der Waals surface area contributed by atoms with Gasteiger partial charge in [-0.05, 0) is 13.3 Å². The summed E-state index contributed by atoms with van der Waals surface area (Å²) in [4.78, 5) is 10.1. The molecule has 1 rings (SSSR count). The number of hydrogen-bond acceptors (Lipinski definition) is 3. The summed E-state index contributed by atoms with van der Waals surface area (Å²) in [7, 11) is 0.415. The average Bonchev–Trinajstić information content (AvgIpc) is 2.69. The number of likely N-dealkylation sites (tertiary alicyclic amines) is 1. The van der Waals surface area contributed by atoms with Crippen LogP contribution in [0.15, 0.2) is 0 Å². The highest BCUT2D eigenvalue weighted by atomic mass is 31.2. The van der Waals surface area contributed by atoms with Crippen LogP contribution >= 0.6 is 7.82 Å². The van der Waals surface area contributed by atoms with Crippen molar-refractivity contribution in [1.82, 2.24) is 0 Å². The average molecular weight is 463 g/mol. The molecule has 0 radical (unpaired) electrons. The van der Waals surface area contributed by atoms with Gasteiger partial charge in [0.15, 0.2) is 0 Å². The smallest absolute Gasteiger partial charge is 0.328 e. The van der Waals surface area contributed by atoms with Crippen LogP contribution in [0.5, 0.6) is 0 Å². The van der Waals surface area contributed by atoms with Crippen LogP contribution in [-0.4, -0.2) is 48.8 Å². The van der Waals surface area contributed by atoms with Gasteiger partial charge in [0.1, 0.15) is 0 Å². The Kier molecular flexibility index (Phi) is 15.6. The van der Waals surface area contributed by atoms with Gasteiger partial charge in [-0.1, -0.05) is 96.8 Å². The van der Waals surface area contributed by atoms with E-state index in [0.717, 1.165) is 43.3 Å². The Labute approximate surface area is 193 Å². The molecule has 0 aromatic carbocycles. The zero-order valence-electron chi connectivity index (χ0n) is 21.2. The summed E-state index contributed by atoms with van der Waals surface area (Å²) < 4.78 is 24.1. The second-order valence-corrected chi connectivity index (χ2v) is 11.8. The van der Waals surface area contributed by atoms with Gasteiger partial charge in [0, 0.05) is 12.8 Å². The molecule has 0 spiro atoms. The molecule has 0 bridgehead atoms. The maximum Gasteiger partial charge on any atom is 0.472 e. The van der Waals surface area contributed by atoms with Crippen LogP contribution in [0.1, 0.15) is 123 Å². The fourth-order valence-corrected chi connectivity index (χ4v) is 5.67. The quantitative estimate of drug-likeness (QED) is 0.122. The standard InChI is InChI=1S/C25H52NO4P/c1-5-6-7-8-9-10-11-12-13-14-15-16-17-18-19-24(2)29-31(27,28)30-25-20-22-26(3,4)23-21-25/h24-25H,5-23H2,1-4H3/p+1. The molecule has 1 saturated heterocycles. The van der Waals surface area contributed by atoms with Gasteiger partial charge in [0.05, 0.1) is 39.4 Å². The number of nitrogens with zero attached hydrogens (tertiary/aromatic N) is 1. The summed E-state index contributed by atoms with van der Waals surface area (Å²) in [6, 6.07) is 0. The lowest BCUT2D eigenvalue weighted by molar-refractivity contribution is -0.896. The van der Waals surface area contributed by atoms with E-state index in [2.05, 4.69) is 21.0 Å². The molecule has 0 aromatic heterocycles. The lowest BCUT2D eigenvalue weighted by Gasteiger charge is -2.37. The summed E-state index contributed by atoms with van der Waals surface area (Å²) in [6.07, 6.45) is 20.8. The molecule has 1 heterocycles. The molecule has 31 heavy (non-hydrogen) atoms. The summed E-state index contributed by atoms with van der Waals surface area (Å²) >= 11 is 0. The predicted octanol–water partition coefficient (Wildman–Crippen LogP) is 7.62. The van der Waals surface area contributed by atoms with Crippen LogP contribution < -0.4 is 0 Å². The Morgan fingerprint density at radius 3 is 1.71 bits per heavy atom. The highest BCUT2D eigenvalue weighted by molar-refractivity contribution is 7.47.